The summed E-state index contributed by atoms with van der Waals surface area (Å²) in [6.07, 6.45) is 3.69. The van der Waals surface area contributed by atoms with E-state index < -0.39 is 0 Å². The third-order valence-corrected chi connectivity index (χ3v) is 4.90. The number of amides is 2. The van der Waals surface area contributed by atoms with Crippen LogP contribution in [0.1, 0.15) is 28.8 Å². The fourth-order valence-electron chi connectivity index (χ4n) is 3.10. The molecule has 1 aliphatic carbocycles. The SMILES string of the molecule is Cc1ccc(-c2cnc(-c3ccccc3C(=O)N(C)CC(=O)NC3CC3)o2)cc1. The lowest BCUT2D eigenvalue weighted by molar-refractivity contribution is -0.121. The van der Waals surface area contributed by atoms with Crippen LogP contribution in [0.25, 0.3) is 22.8 Å². The molecular weight excluding hydrogens is 366 g/mol. The standard InChI is InChI=1S/C23H23N3O3/c1-15-7-9-16(10-8-15)20-13-24-22(29-20)18-5-3-4-6-19(18)23(28)26(2)14-21(27)25-17-11-12-17/h3-10,13,17H,11-12,14H2,1-2H3,(H,25,27). The van der Waals surface area contributed by atoms with E-state index in [4.69, 9.17) is 4.42 Å². The number of rotatable bonds is 6. The van der Waals surface area contributed by atoms with Gasteiger partial charge in [0, 0.05) is 24.2 Å². The molecule has 0 spiro atoms. The Hall–Kier alpha value is -3.41. The monoisotopic (exact) mass is 389 g/mol. The number of benzene rings is 2. The van der Waals surface area contributed by atoms with Gasteiger partial charge in [0.05, 0.1) is 18.3 Å². The average Bonchev–Trinajstić information content (AvgIpc) is 3.39. The molecule has 1 aliphatic rings. The summed E-state index contributed by atoms with van der Waals surface area (Å²) in [7, 11) is 1.62. The zero-order valence-corrected chi connectivity index (χ0v) is 16.5. The maximum atomic E-state index is 13.0. The van der Waals surface area contributed by atoms with Crippen molar-refractivity contribution in [2.45, 2.75) is 25.8 Å². The molecule has 4 rings (SSSR count). The van der Waals surface area contributed by atoms with Crippen LogP contribution in [0.5, 0.6) is 0 Å². The average molecular weight is 389 g/mol. The Morgan fingerprint density at radius 3 is 2.59 bits per heavy atom. The van der Waals surface area contributed by atoms with Crippen LogP contribution in [0.2, 0.25) is 0 Å². The molecule has 1 saturated carbocycles. The van der Waals surface area contributed by atoms with Crippen LogP contribution in [0.15, 0.2) is 59.1 Å². The number of hydrogen-bond donors (Lipinski definition) is 1. The molecule has 3 aromatic rings. The highest BCUT2D eigenvalue weighted by molar-refractivity contribution is 6.01. The van der Waals surface area contributed by atoms with Crippen molar-refractivity contribution in [3.8, 4) is 22.8 Å². The van der Waals surface area contributed by atoms with E-state index in [0.29, 0.717) is 22.8 Å². The first-order valence-electron chi connectivity index (χ1n) is 9.68. The van der Waals surface area contributed by atoms with Crippen molar-refractivity contribution >= 4 is 11.8 Å². The Kier molecular flexibility index (Phi) is 5.16. The summed E-state index contributed by atoms with van der Waals surface area (Å²) >= 11 is 0. The fourth-order valence-corrected chi connectivity index (χ4v) is 3.10. The zero-order valence-electron chi connectivity index (χ0n) is 16.5. The van der Waals surface area contributed by atoms with Crippen LogP contribution in [0.3, 0.4) is 0 Å². The van der Waals surface area contributed by atoms with Crippen molar-refractivity contribution in [3.05, 3.63) is 65.9 Å². The molecule has 2 aromatic carbocycles. The molecule has 148 valence electrons. The maximum Gasteiger partial charge on any atom is 0.254 e. The van der Waals surface area contributed by atoms with Gasteiger partial charge in [0.1, 0.15) is 0 Å². The summed E-state index contributed by atoms with van der Waals surface area (Å²) in [5.41, 5.74) is 3.14. The number of hydrogen-bond acceptors (Lipinski definition) is 4. The van der Waals surface area contributed by atoms with E-state index in [1.54, 1.807) is 31.4 Å². The highest BCUT2D eigenvalue weighted by Crippen LogP contribution is 2.29. The lowest BCUT2D eigenvalue weighted by Gasteiger charge is -2.18. The molecular formula is C23H23N3O3. The third-order valence-electron chi connectivity index (χ3n) is 4.90. The summed E-state index contributed by atoms with van der Waals surface area (Å²) in [5.74, 6) is 0.625. The highest BCUT2D eigenvalue weighted by Gasteiger charge is 2.25. The lowest BCUT2D eigenvalue weighted by atomic mass is 10.1. The third kappa shape index (κ3) is 4.37. The molecule has 1 heterocycles. The second kappa shape index (κ2) is 7.91. The van der Waals surface area contributed by atoms with Crippen LogP contribution >= 0.6 is 0 Å². The zero-order chi connectivity index (χ0) is 20.4. The Labute approximate surface area is 169 Å². The molecule has 0 aliphatic heterocycles. The summed E-state index contributed by atoms with van der Waals surface area (Å²) in [6, 6.07) is 15.4. The van der Waals surface area contributed by atoms with Crippen molar-refractivity contribution in [1.82, 2.24) is 15.2 Å². The van der Waals surface area contributed by atoms with Gasteiger partial charge in [-0.3, -0.25) is 9.59 Å². The Morgan fingerprint density at radius 1 is 1.14 bits per heavy atom. The van der Waals surface area contributed by atoms with E-state index in [9.17, 15) is 9.59 Å². The summed E-state index contributed by atoms with van der Waals surface area (Å²) in [6.45, 7) is 2.04. The van der Waals surface area contributed by atoms with E-state index in [2.05, 4.69) is 10.3 Å². The quantitative estimate of drug-likeness (QED) is 0.698. The van der Waals surface area contributed by atoms with Gasteiger partial charge in [0.2, 0.25) is 11.8 Å². The van der Waals surface area contributed by atoms with Crippen LogP contribution in [0.4, 0.5) is 0 Å². The van der Waals surface area contributed by atoms with Crippen LogP contribution in [-0.2, 0) is 4.79 Å². The molecule has 1 fully saturated rings. The van der Waals surface area contributed by atoms with Crippen molar-refractivity contribution in [1.29, 1.82) is 0 Å². The number of aromatic nitrogens is 1. The number of carbonyl (C=O) groups is 2. The predicted molar refractivity (Wildman–Crippen MR) is 110 cm³/mol. The number of likely N-dealkylation sites (N-methyl/N-ethyl adjacent to an activating group) is 1. The molecule has 0 saturated heterocycles. The number of carbonyl (C=O) groups excluding carboxylic acids is 2. The number of aryl methyl sites for hydroxylation is 1. The van der Waals surface area contributed by atoms with Gasteiger partial charge in [-0.1, -0.05) is 42.0 Å². The van der Waals surface area contributed by atoms with Gasteiger partial charge >= 0.3 is 0 Å². The van der Waals surface area contributed by atoms with E-state index in [1.165, 1.54) is 4.90 Å². The molecule has 0 atom stereocenters. The van der Waals surface area contributed by atoms with Crippen molar-refractivity contribution in [2.75, 3.05) is 13.6 Å². The van der Waals surface area contributed by atoms with Gasteiger partial charge in [0.15, 0.2) is 5.76 Å². The molecule has 6 heteroatoms. The van der Waals surface area contributed by atoms with Crippen molar-refractivity contribution < 1.29 is 14.0 Å². The highest BCUT2D eigenvalue weighted by atomic mass is 16.4. The smallest absolute Gasteiger partial charge is 0.254 e. The molecule has 1 aromatic heterocycles. The Balaban J connectivity index is 1.55. The Bertz CT molecular complexity index is 1040. The molecule has 6 nitrogen and oxygen atoms in total. The van der Waals surface area contributed by atoms with Gasteiger partial charge in [-0.2, -0.15) is 0 Å². The topological polar surface area (TPSA) is 75.4 Å². The molecule has 2 amide bonds. The normalized spacial score (nSPS) is 13.2. The van der Waals surface area contributed by atoms with E-state index in [0.717, 1.165) is 24.0 Å². The first-order chi connectivity index (χ1) is 14.0. The number of nitrogens with zero attached hydrogens (tertiary/aromatic N) is 2. The minimum absolute atomic E-state index is 0.0177. The van der Waals surface area contributed by atoms with Crippen molar-refractivity contribution in [2.24, 2.45) is 0 Å². The van der Waals surface area contributed by atoms with Gasteiger partial charge in [-0.25, -0.2) is 4.98 Å². The van der Waals surface area contributed by atoms with E-state index in [1.807, 2.05) is 37.3 Å². The number of nitrogens with one attached hydrogen (secondary N) is 1. The van der Waals surface area contributed by atoms with Gasteiger partial charge < -0.3 is 14.6 Å². The molecule has 0 radical (unpaired) electrons. The predicted octanol–water partition coefficient (Wildman–Crippen LogP) is 3.67. The van der Waals surface area contributed by atoms with Crippen LogP contribution in [-0.4, -0.2) is 41.3 Å². The number of oxazole rings is 1. The molecule has 0 unspecified atom stereocenters. The van der Waals surface area contributed by atoms with Crippen LogP contribution in [0, 0.1) is 6.92 Å². The van der Waals surface area contributed by atoms with Gasteiger partial charge in [-0.15, -0.1) is 0 Å². The minimum Gasteiger partial charge on any atom is -0.436 e. The van der Waals surface area contributed by atoms with E-state index in [-0.39, 0.29) is 24.4 Å². The fraction of sp³-hybridized carbons (Fsp3) is 0.261. The van der Waals surface area contributed by atoms with Crippen molar-refractivity contribution in [3.63, 3.8) is 0 Å². The minimum atomic E-state index is -0.248. The summed E-state index contributed by atoms with van der Waals surface area (Å²) in [5, 5.41) is 2.90. The summed E-state index contributed by atoms with van der Waals surface area (Å²) in [4.78, 5) is 30.8. The molecule has 29 heavy (non-hydrogen) atoms. The largest absolute Gasteiger partial charge is 0.436 e. The first-order valence-corrected chi connectivity index (χ1v) is 9.68. The van der Waals surface area contributed by atoms with E-state index >= 15 is 0 Å². The second-order valence-electron chi connectivity index (χ2n) is 7.44. The Morgan fingerprint density at radius 2 is 1.86 bits per heavy atom. The molecule has 0 bridgehead atoms. The van der Waals surface area contributed by atoms with Crippen LogP contribution < -0.4 is 5.32 Å². The molecule has 1 N–H and O–H groups in total. The maximum absolute atomic E-state index is 13.0. The summed E-state index contributed by atoms with van der Waals surface area (Å²) < 4.78 is 5.95. The van der Waals surface area contributed by atoms with Gasteiger partial charge in [-0.05, 0) is 31.9 Å². The lowest BCUT2D eigenvalue weighted by Crippen LogP contribution is -2.39. The first kappa shape index (κ1) is 18.9. The van der Waals surface area contributed by atoms with Gasteiger partial charge in [0.25, 0.3) is 5.91 Å². The second-order valence-corrected chi connectivity index (χ2v) is 7.44.